The summed E-state index contributed by atoms with van der Waals surface area (Å²) in [5.41, 5.74) is 0.0965. The van der Waals surface area contributed by atoms with Crippen molar-refractivity contribution in [3.8, 4) is 5.75 Å². The maximum absolute atomic E-state index is 12.1. The van der Waals surface area contributed by atoms with Gasteiger partial charge in [0.15, 0.2) is 5.75 Å². The van der Waals surface area contributed by atoms with Crippen LogP contribution in [-0.2, 0) is 4.79 Å². The lowest BCUT2D eigenvalue weighted by Gasteiger charge is -2.08. The summed E-state index contributed by atoms with van der Waals surface area (Å²) in [6.45, 7) is 1.14. The number of hydrogen-bond donors (Lipinski definition) is 2. The summed E-state index contributed by atoms with van der Waals surface area (Å²) >= 11 is 0. The molecule has 146 valence electrons. The molecule has 0 bridgehead atoms. The van der Waals surface area contributed by atoms with E-state index < -0.39 is 28.2 Å². The molecule has 2 amide bonds. The lowest BCUT2D eigenvalue weighted by Crippen LogP contribution is -2.32. The third-order valence-electron chi connectivity index (χ3n) is 3.74. The van der Waals surface area contributed by atoms with E-state index in [0.717, 1.165) is 6.07 Å². The zero-order valence-corrected chi connectivity index (χ0v) is 14.9. The van der Waals surface area contributed by atoms with E-state index in [1.54, 1.807) is 6.92 Å². The first-order chi connectivity index (χ1) is 13.2. The van der Waals surface area contributed by atoms with Crippen molar-refractivity contribution < 1.29 is 24.2 Å². The Morgan fingerprint density at radius 2 is 1.71 bits per heavy atom. The zero-order chi connectivity index (χ0) is 20.8. The zero-order valence-electron chi connectivity index (χ0n) is 14.9. The molecule has 11 heteroatoms. The number of anilines is 1. The van der Waals surface area contributed by atoms with E-state index in [-0.39, 0.29) is 28.4 Å². The van der Waals surface area contributed by atoms with Crippen molar-refractivity contribution in [3.05, 3.63) is 67.8 Å². The number of nitro groups is 2. The van der Waals surface area contributed by atoms with Gasteiger partial charge in [0.25, 0.3) is 11.6 Å². The second-order valence-corrected chi connectivity index (χ2v) is 5.63. The summed E-state index contributed by atoms with van der Waals surface area (Å²) < 4.78 is 4.86. The molecule has 0 fully saturated rings. The molecule has 0 saturated heterocycles. The third-order valence-corrected chi connectivity index (χ3v) is 3.74. The Morgan fingerprint density at radius 3 is 2.32 bits per heavy atom. The van der Waals surface area contributed by atoms with Gasteiger partial charge in [-0.15, -0.1) is 0 Å². The highest BCUT2D eigenvalue weighted by Crippen LogP contribution is 2.27. The van der Waals surface area contributed by atoms with Crippen LogP contribution in [0, 0.1) is 27.2 Å². The highest BCUT2D eigenvalue weighted by atomic mass is 16.6. The number of nitrogens with zero attached hydrogens (tertiary/aromatic N) is 2. The number of ether oxygens (including phenoxy) is 1. The highest BCUT2D eigenvalue weighted by molar-refractivity contribution is 5.99. The minimum absolute atomic E-state index is 0.000239. The van der Waals surface area contributed by atoms with Gasteiger partial charge in [-0.05, 0) is 25.1 Å². The van der Waals surface area contributed by atoms with Crippen molar-refractivity contribution in [2.75, 3.05) is 19.0 Å². The van der Waals surface area contributed by atoms with Crippen LogP contribution >= 0.6 is 0 Å². The largest absolute Gasteiger partial charge is 0.490 e. The lowest BCUT2D eigenvalue weighted by molar-refractivity contribution is -0.385. The monoisotopic (exact) mass is 388 g/mol. The number of amides is 2. The molecule has 2 aromatic rings. The van der Waals surface area contributed by atoms with Crippen molar-refractivity contribution in [1.29, 1.82) is 0 Å². The van der Waals surface area contributed by atoms with Crippen LogP contribution in [0.2, 0.25) is 0 Å². The van der Waals surface area contributed by atoms with Gasteiger partial charge in [-0.3, -0.25) is 29.8 Å². The molecule has 0 unspecified atom stereocenters. The topological polar surface area (TPSA) is 154 Å². The van der Waals surface area contributed by atoms with Crippen LogP contribution in [0.3, 0.4) is 0 Å². The van der Waals surface area contributed by atoms with E-state index >= 15 is 0 Å². The van der Waals surface area contributed by atoms with Gasteiger partial charge in [0.2, 0.25) is 5.91 Å². The summed E-state index contributed by atoms with van der Waals surface area (Å²) in [6.07, 6.45) is 0. The van der Waals surface area contributed by atoms with Crippen molar-refractivity contribution in [2.24, 2.45) is 0 Å². The Morgan fingerprint density at radius 1 is 1.04 bits per heavy atom. The van der Waals surface area contributed by atoms with E-state index in [1.165, 1.54) is 37.4 Å². The number of carbonyl (C=O) groups excluding carboxylic acids is 2. The Bertz CT molecular complexity index is 959. The van der Waals surface area contributed by atoms with Gasteiger partial charge in [-0.25, -0.2) is 0 Å². The molecule has 0 aliphatic rings. The molecule has 0 aliphatic heterocycles. The SMILES string of the molecule is COc1ccc(C(=O)NCC(=O)Nc2ccc(C)c([N+](=O)[O-])c2)cc1[N+](=O)[O-]. The van der Waals surface area contributed by atoms with Crippen molar-refractivity contribution in [3.63, 3.8) is 0 Å². The molecule has 0 aliphatic carbocycles. The number of carbonyl (C=O) groups is 2. The molecule has 0 radical (unpaired) electrons. The maximum Gasteiger partial charge on any atom is 0.311 e. The van der Waals surface area contributed by atoms with Gasteiger partial charge >= 0.3 is 5.69 Å². The first-order valence-corrected chi connectivity index (χ1v) is 7.88. The van der Waals surface area contributed by atoms with Crippen molar-refractivity contribution in [2.45, 2.75) is 6.92 Å². The smallest absolute Gasteiger partial charge is 0.311 e. The van der Waals surface area contributed by atoms with Crippen LogP contribution in [0.1, 0.15) is 15.9 Å². The van der Waals surface area contributed by atoms with E-state index in [9.17, 15) is 29.8 Å². The van der Waals surface area contributed by atoms with Gasteiger partial charge < -0.3 is 15.4 Å². The lowest BCUT2D eigenvalue weighted by atomic mass is 10.1. The second-order valence-electron chi connectivity index (χ2n) is 5.63. The Hall–Kier alpha value is -4.02. The van der Waals surface area contributed by atoms with Gasteiger partial charge in [-0.1, -0.05) is 6.07 Å². The number of hydrogen-bond acceptors (Lipinski definition) is 7. The third kappa shape index (κ3) is 4.78. The van der Waals surface area contributed by atoms with E-state index in [0.29, 0.717) is 5.56 Å². The normalized spacial score (nSPS) is 10.1. The van der Waals surface area contributed by atoms with Crippen LogP contribution in [0.5, 0.6) is 5.75 Å². The van der Waals surface area contributed by atoms with Gasteiger partial charge in [0.1, 0.15) is 0 Å². The fourth-order valence-corrected chi connectivity index (χ4v) is 2.33. The molecule has 2 N–H and O–H groups in total. The average Bonchev–Trinajstić information content (AvgIpc) is 2.66. The molecule has 0 atom stereocenters. The predicted molar refractivity (Wildman–Crippen MR) is 98.4 cm³/mol. The molecule has 2 aromatic carbocycles. The summed E-state index contributed by atoms with van der Waals surface area (Å²) in [4.78, 5) is 44.8. The number of methoxy groups -OCH3 is 1. The van der Waals surface area contributed by atoms with Gasteiger partial charge in [-0.2, -0.15) is 0 Å². The van der Waals surface area contributed by atoms with E-state index in [4.69, 9.17) is 4.74 Å². The number of benzene rings is 2. The number of nitro benzene ring substituents is 2. The maximum atomic E-state index is 12.1. The summed E-state index contributed by atoms with van der Waals surface area (Å²) in [6, 6.07) is 7.83. The standard InChI is InChI=1S/C17H16N4O7/c1-10-3-5-12(8-13(10)20(24)25)19-16(22)9-18-17(23)11-4-6-15(28-2)14(7-11)21(26)27/h3-8H,9H2,1-2H3,(H,18,23)(H,19,22). The fourth-order valence-electron chi connectivity index (χ4n) is 2.33. The summed E-state index contributed by atoms with van der Waals surface area (Å²) in [5.74, 6) is -1.31. The quantitative estimate of drug-likeness (QED) is 0.544. The Kier molecular flexibility index (Phi) is 6.22. The highest BCUT2D eigenvalue weighted by Gasteiger charge is 2.19. The predicted octanol–water partition coefficient (Wildman–Crippen LogP) is 2.19. The first-order valence-electron chi connectivity index (χ1n) is 7.88. The van der Waals surface area contributed by atoms with E-state index in [2.05, 4.69) is 10.6 Å². The molecule has 2 rings (SSSR count). The minimum Gasteiger partial charge on any atom is -0.490 e. The average molecular weight is 388 g/mol. The summed E-state index contributed by atoms with van der Waals surface area (Å²) in [5, 5.41) is 26.7. The second kappa shape index (κ2) is 8.58. The summed E-state index contributed by atoms with van der Waals surface area (Å²) in [7, 11) is 1.27. The molecule has 11 nitrogen and oxygen atoms in total. The van der Waals surface area contributed by atoms with Crippen LogP contribution < -0.4 is 15.4 Å². The van der Waals surface area contributed by atoms with Crippen molar-refractivity contribution >= 4 is 28.9 Å². The van der Waals surface area contributed by atoms with Gasteiger partial charge in [0, 0.05) is 28.9 Å². The number of rotatable bonds is 7. The van der Waals surface area contributed by atoms with Crippen LogP contribution in [-0.4, -0.2) is 35.3 Å². The van der Waals surface area contributed by atoms with Crippen molar-refractivity contribution in [1.82, 2.24) is 5.32 Å². The van der Waals surface area contributed by atoms with Crippen LogP contribution in [0.15, 0.2) is 36.4 Å². The minimum atomic E-state index is -0.698. The number of nitrogens with one attached hydrogen (secondary N) is 2. The molecule has 0 heterocycles. The molecular weight excluding hydrogens is 372 g/mol. The molecule has 28 heavy (non-hydrogen) atoms. The fraction of sp³-hybridized carbons (Fsp3) is 0.176. The Labute approximate surface area is 158 Å². The Balaban J connectivity index is 2.02. The van der Waals surface area contributed by atoms with Crippen LogP contribution in [0.4, 0.5) is 17.1 Å². The van der Waals surface area contributed by atoms with E-state index in [1.807, 2.05) is 0 Å². The number of aryl methyl sites for hydroxylation is 1. The molecule has 0 spiro atoms. The van der Waals surface area contributed by atoms with Gasteiger partial charge in [0.05, 0.1) is 23.5 Å². The van der Waals surface area contributed by atoms with Crippen LogP contribution in [0.25, 0.3) is 0 Å². The molecular formula is C17H16N4O7. The molecule has 0 aromatic heterocycles. The first kappa shape index (κ1) is 20.3. The molecule has 0 saturated carbocycles.